The van der Waals surface area contributed by atoms with Gasteiger partial charge in [0.05, 0.1) is 29.4 Å². The molecule has 0 bridgehead atoms. The zero-order valence-corrected chi connectivity index (χ0v) is 11.5. The van der Waals surface area contributed by atoms with E-state index in [0.717, 1.165) is 6.07 Å². The Balaban J connectivity index is 3.16. The van der Waals surface area contributed by atoms with E-state index in [1.165, 1.54) is 9.79 Å². The molecule has 1 aromatic heterocycles. The van der Waals surface area contributed by atoms with Crippen LogP contribution in [0.25, 0.3) is 0 Å². The van der Waals surface area contributed by atoms with Gasteiger partial charge in [0.25, 0.3) is 0 Å². The number of hydrogen-bond donors (Lipinski definition) is 0. The van der Waals surface area contributed by atoms with Gasteiger partial charge < -0.3 is 9.47 Å². The van der Waals surface area contributed by atoms with Gasteiger partial charge in [0.1, 0.15) is 11.3 Å². The Kier molecular flexibility index (Phi) is 5.08. The molecular formula is C11H12BrNO5. The van der Waals surface area contributed by atoms with E-state index >= 15 is 0 Å². The average molecular weight is 318 g/mol. The highest BCUT2D eigenvalue weighted by atomic mass is 79.9. The van der Waals surface area contributed by atoms with Crippen LogP contribution in [0.3, 0.4) is 0 Å². The third-order valence-electron chi connectivity index (χ3n) is 1.99. The van der Waals surface area contributed by atoms with Crippen LogP contribution in [0.1, 0.15) is 34.7 Å². The Morgan fingerprint density at radius 1 is 1.22 bits per heavy atom. The van der Waals surface area contributed by atoms with Gasteiger partial charge in [0.2, 0.25) is 0 Å². The first kappa shape index (κ1) is 14.4. The van der Waals surface area contributed by atoms with Gasteiger partial charge in [0.15, 0.2) is 5.43 Å². The number of carbonyl (C=O) groups excluding carboxylic acids is 2. The molecule has 18 heavy (non-hydrogen) atoms. The monoisotopic (exact) mass is 317 g/mol. The van der Waals surface area contributed by atoms with Crippen molar-refractivity contribution in [1.29, 1.82) is 0 Å². The number of ether oxygens (including phenoxy) is 2. The number of carbonyl (C=O) groups is 2. The number of hydrogen-bond acceptors (Lipinski definition) is 5. The van der Waals surface area contributed by atoms with Crippen molar-refractivity contribution in [2.45, 2.75) is 13.8 Å². The van der Waals surface area contributed by atoms with E-state index in [2.05, 4.69) is 16.1 Å². The molecular weight excluding hydrogens is 306 g/mol. The second kappa shape index (κ2) is 6.34. The summed E-state index contributed by atoms with van der Waals surface area (Å²) in [7, 11) is 0. The molecule has 0 fully saturated rings. The third-order valence-corrected chi connectivity index (χ3v) is 2.57. The lowest BCUT2D eigenvalue weighted by Gasteiger charge is -2.07. The summed E-state index contributed by atoms with van der Waals surface area (Å²) in [6, 6.07) is 1.03. The SMILES string of the molecule is CCOC(=O)c1cn(Br)c(C(=O)OCC)cc1=O. The molecule has 6 nitrogen and oxygen atoms in total. The van der Waals surface area contributed by atoms with Gasteiger partial charge in [-0.1, -0.05) is 0 Å². The van der Waals surface area contributed by atoms with E-state index in [9.17, 15) is 14.4 Å². The van der Waals surface area contributed by atoms with E-state index in [0.29, 0.717) is 0 Å². The maximum Gasteiger partial charge on any atom is 0.355 e. The first-order valence-electron chi connectivity index (χ1n) is 5.28. The van der Waals surface area contributed by atoms with Crippen molar-refractivity contribution >= 4 is 28.1 Å². The van der Waals surface area contributed by atoms with Crippen LogP contribution in [0.2, 0.25) is 0 Å². The van der Waals surface area contributed by atoms with Crippen molar-refractivity contribution in [3.05, 3.63) is 33.7 Å². The molecule has 0 amide bonds. The molecule has 0 N–H and O–H groups in total. The van der Waals surface area contributed by atoms with Crippen molar-refractivity contribution in [2.24, 2.45) is 0 Å². The predicted molar refractivity (Wildman–Crippen MR) is 66.9 cm³/mol. The molecule has 0 saturated carbocycles. The Hall–Kier alpha value is -1.63. The van der Waals surface area contributed by atoms with Crippen molar-refractivity contribution in [2.75, 3.05) is 13.2 Å². The number of aromatic nitrogens is 1. The minimum atomic E-state index is -0.730. The summed E-state index contributed by atoms with van der Waals surface area (Å²) in [5.74, 6) is -1.38. The van der Waals surface area contributed by atoms with Crippen molar-refractivity contribution in [3.8, 4) is 0 Å². The van der Waals surface area contributed by atoms with Gasteiger partial charge in [-0.05, 0) is 13.8 Å². The van der Waals surface area contributed by atoms with Crippen LogP contribution in [0, 0.1) is 0 Å². The fourth-order valence-corrected chi connectivity index (χ4v) is 1.68. The molecule has 0 aliphatic heterocycles. The molecule has 0 aliphatic rings. The second-order valence-electron chi connectivity index (χ2n) is 3.19. The average Bonchev–Trinajstić information content (AvgIpc) is 2.32. The van der Waals surface area contributed by atoms with E-state index in [1.54, 1.807) is 13.8 Å². The summed E-state index contributed by atoms with van der Waals surface area (Å²) >= 11 is 3.04. The van der Waals surface area contributed by atoms with Gasteiger partial charge >= 0.3 is 11.9 Å². The number of halogens is 1. The summed E-state index contributed by atoms with van der Waals surface area (Å²) in [5.41, 5.74) is -0.733. The molecule has 0 saturated heterocycles. The van der Waals surface area contributed by atoms with Crippen molar-refractivity contribution in [3.63, 3.8) is 0 Å². The van der Waals surface area contributed by atoms with Crippen LogP contribution in [-0.4, -0.2) is 28.7 Å². The fourth-order valence-electron chi connectivity index (χ4n) is 1.22. The molecule has 0 unspecified atom stereocenters. The summed E-state index contributed by atoms with van der Waals surface area (Å²) in [4.78, 5) is 34.6. The summed E-state index contributed by atoms with van der Waals surface area (Å²) in [6.07, 6.45) is 1.19. The summed E-state index contributed by atoms with van der Waals surface area (Å²) in [6.45, 7) is 3.65. The molecule has 1 heterocycles. The van der Waals surface area contributed by atoms with Crippen LogP contribution in [0.5, 0.6) is 0 Å². The highest BCUT2D eigenvalue weighted by Gasteiger charge is 2.18. The minimum Gasteiger partial charge on any atom is -0.462 e. The van der Waals surface area contributed by atoms with E-state index in [-0.39, 0.29) is 24.5 Å². The Labute approximate surface area is 112 Å². The number of rotatable bonds is 4. The Morgan fingerprint density at radius 3 is 2.33 bits per heavy atom. The number of pyridine rings is 1. The molecule has 0 aliphatic carbocycles. The topological polar surface area (TPSA) is 74.6 Å². The molecule has 98 valence electrons. The van der Waals surface area contributed by atoms with E-state index in [4.69, 9.17) is 9.47 Å². The van der Waals surface area contributed by atoms with Gasteiger partial charge in [0, 0.05) is 12.3 Å². The first-order chi connectivity index (χ1) is 8.51. The summed E-state index contributed by atoms with van der Waals surface area (Å²) < 4.78 is 10.7. The largest absolute Gasteiger partial charge is 0.462 e. The van der Waals surface area contributed by atoms with Crippen LogP contribution < -0.4 is 5.43 Å². The lowest BCUT2D eigenvalue weighted by Crippen LogP contribution is -2.22. The molecule has 0 radical (unpaired) electrons. The van der Waals surface area contributed by atoms with Crippen LogP contribution in [0.4, 0.5) is 0 Å². The number of nitrogens with zero attached hydrogens (tertiary/aromatic N) is 1. The highest BCUT2D eigenvalue weighted by molar-refractivity contribution is 9.08. The Bertz CT molecular complexity index is 523. The highest BCUT2D eigenvalue weighted by Crippen LogP contribution is 2.07. The zero-order chi connectivity index (χ0) is 13.7. The van der Waals surface area contributed by atoms with Crippen LogP contribution in [-0.2, 0) is 9.47 Å². The molecule has 0 aromatic carbocycles. The maximum absolute atomic E-state index is 11.7. The molecule has 1 aromatic rings. The van der Waals surface area contributed by atoms with Crippen LogP contribution >= 0.6 is 16.1 Å². The minimum absolute atomic E-state index is 0.00917. The second-order valence-corrected chi connectivity index (χ2v) is 3.95. The van der Waals surface area contributed by atoms with Crippen molar-refractivity contribution in [1.82, 2.24) is 3.59 Å². The lowest BCUT2D eigenvalue weighted by atomic mass is 10.2. The fraction of sp³-hybridized carbons (Fsp3) is 0.364. The zero-order valence-electron chi connectivity index (χ0n) is 9.94. The maximum atomic E-state index is 11.7. The molecule has 7 heteroatoms. The molecule has 0 atom stereocenters. The Morgan fingerprint density at radius 2 is 1.78 bits per heavy atom. The smallest absolute Gasteiger partial charge is 0.355 e. The van der Waals surface area contributed by atoms with E-state index < -0.39 is 17.4 Å². The number of esters is 2. The van der Waals surface area contributed by atoms with Gasteiger partial charge in [-0.25, -0.2) is 9.59 Å². The standard InChI is InChI=1S/C11H12BrNO5/c1-3-17-10(15)7-6-13(12)8(5-9(7)14)11(16)18-4-2/h5-6H,3-4H2,1-2H3. The third kappa shape index (κ3) is 3.19. The predicted octanol–water partition coefficient (Wildman–Crippen LogP) is 1.36. The molecule has 1 rings (SSSR count). The lowest BCUT2D eigenvalue weighted by molar-refractivity contribution is 0.0503. The molecule has 0 spiro atoms. The van der Waals surface area contributed by atoms with Crippen LogP contribution in [0.15, 0.2) is 17.1 Å². The van der Waals surface area contributed by atoms with E-state index in [1.807, 2.05) is 0 Å². The van der Waals surface area contributed by atoms with Crippen molar-refractivity contribution < 1.29 is 19.1 Å². The first-order valence-corrected chi connectivity index (χ1v) is 5.99. The van der Waals surface area contributed by atoms with Gasteiger partial charge in [-0.15, -0.1) is 0 Å². The van der Waals surface area contributed by atoms with Gasteiger partial charge in [-0.3, -0.25) is 8.39 Å². The normalized spacial score (nSPS) is 9.94. The summed E-state index contributed by atoms with van der Waals surface area (Å²) in [5, 5.41) is 0. The van der Waals surface area contributed by atoms with Gasteiger partial charge in [-0.2, -0.15) is 0 Å². The quantitative estimate of drug-likeness (QED) is 0.784.